The van der Waals surface area contributed by atoms with E-state index >= 15 is 0 Å². The highest BCUT2D eigenvalue weighted by Gasteiger charge is 2.17. The number of carbonyl (C=O) groups is 2. The number of benzene rings is 1. The molecule has 2 aromatic heterocycles. The van der Waals surface area contributed by atoms with Gasteiger partial charge in [0.1, 0.15) is 12.1 Å². The van der Waals surface area contributed by atoms with Crippen LogP contribution in [0.5, 0.6) is 0 Å². The van der Waals surface area contributed by atoms with Crippen LogP contribution in [0.2, 0.25) is 0 Å². The van der Waals surface area contributed by atoms with Gasteiger partial charge in [0.25, 0.3) is 0 Å². The smallest absolute Gasteiger partial charge is 0.226 e. The molecule has 0 saturated heterocycles. The summed E-state index contributed by atoms with van der Waals surface area (Å²) in [5.74, 6) is 0.323. The van der Waals surface area contributed by atoms with Crippen molar-refractivity contribution in [3.05, 3.63) is 72.9 Å². The molecule has 1 atom stereocenters. The second-order valence-electron chi connectivity index (χ2n) is 5.79. The summed E-state index contributed by atoms with van der Waals surface area (Å²) in [6.07, 6.45) is 6.83. The van der Waals surface area contributed by atoms with Crippen molar-refractivity contribution in [3.8, 4) is 5.82 Å². The number of rotatable bonds is 6. The molecule has 0 radical (unpaired) electrons. The maximum absolute atomic E-state index is 12.4. The number of hydrogen-bond donors (Lipinski definition) is 2. The Balaban J connectivity index is 1.65. The van der Waals surface area contributed by atoms with Gasteiger partial charge in [0, 0.05) is 19.3 Å². The number of hydrogen-bond acceptors (Lipinski definition) is 4. The summed E-state index contributed by atoms with van der Waals surface area (Å²) in [7, 11) is 0. The van der Waals surface area contributed by atoms with Crippen LogP contribution >= 0.6 is 0 Å². The zero-order chi connectivity index (χ0) is 18.4. The van der Waals surface area contributed by atoms with Crippen LogP contribution in [0.3, 0.4) is 0 Å². The Labute approximate surface area is 151 Å². The number of carbonyl (C=O) groups excluding carboxylic acids is 2. The lowest BCUT2D eigenvalue weighted by atomic mass is 10.0. The predicted molar refractivity (Wildman–Crippen MR) is 97.6 cm³/mol. The Morgan fingerprint density at radius 3 is 2.58 bits per heavy atom. The predicted octanol–water partition coefficient (Wildman–Crippen LogP) is 2.47. The van der Waals surface area contributed by atoms with Gasteiger partial charge >= 0.3 is 0 Å². The third-order valence-electron chi connectivity index (χ3n) is 3.77. The Hall–Kier alpha value is -3.48. The van der Waals surface area contributed by atoms with Crippen molar-refractivity contribution < 1.29 is 9.59 Å². The molecule has 2 N–H and O–H groups in total. The molecule has 0 bridgehead atoms. The fraction of sp³-hybridized carbons (Fsp3) is 0.158. The van der Waals surface area contributed by atoms with Crippen LogP contribution in [-0.4, -0.2) is 26.3 Å². The van der Waals surface area contributed by atoms with E-state index in [0.717, 1.165) is 5.56 Å². The fourth-order valence-corrected chi connectivity index (χ4v) is 2.59. The van der Waals surface area contributed by atoms with Crippen molar-refractivity contribution >= 4 is 17.5 Å². The Morgan fingerprint density at radius 2 is 1.96 bits per heavy atom. The summed E-state index contributed by atoms with van der Waals surface area (Å²) in [5.41, 5.74) is 1.47. The molecular formula is C19H19N5O2. The Kier molecular flexibility index (Phi) is 5.38. The average Bonchev–Trinajstić information content (AvgIpc) is 3.17. The third kappa shape index (κ3) is 4.54. The minimum absolute atomic E-state index is 0.132. The largest absolute Gasteiger partial charge is 0.349 e. The van der Waals surface area contributed by atoms with Gasteiger partial charge in [0.2, 0.25) is 11.8 Å². The second kappa shape index (κ2) is 8.06. The maximum atomic E-state index is 12.4. The molecule has 2 amide bonds. The summed E-state index contributed by atoms with van der Waals surface area (Å²) < 4.78 is 1.77. The molecule has 7 nitrogen and oxygen atoms in total. The molecule has 26 heavy (non-hydrogen) atoms. The maximum Gasteiger partial charge on any atom is 0.226 e. The summed E-state index contributed by atoms with van der Waals surface area (Å²) in [4.78, 5) is 32.1. The molecule has 3 rings (SSSR count). The molecule has 0 aliphatic carbocycles. The van der Waals surface area contributed by atoms with Crippen molar-refractivity contribution in [3.63, 3.8) is 0 Å². The molecule has 0 fully saturated rings. The molecule has 7 heteroatoms. The number of nitrogens with zero attached hydrogens (tertiary/aromatic N) is 3. The van der Waals surface area contributed by atoms with Crippen LogP contribution in [0, 0.1) is 0 Å². The number of pyridine rings is 1. The zero-order valence-electron chi connectivity index (χ0n) is 14.3. The highest BCUT2D eigenvalue weighted by atomic mass is 16.2. The van der Waals surface area contributed by atoms with E-state index in [1.807, 2.05) is 30.3 Å². The number of amides is 2. The van der Waals surface area contributed by atoms with Gasteiger partial charge in [-0.05, 0) is 17.7 Å². The van der Waals surface area contributed by atoms with Crippen LogP contribution in [0.4, 0.5) is 5.69 Å². The first-order valence-electron chi connectivity index (χ1n) is 8.18. The van der Waals surface area contributed by atoms with Gasteiger partial charge in [0.05, 0.1) is 24.3 Å². The third-order valence-corrected chi connectivity index (χ3v) is 3.77. The van der Waals surface area contributed by atoms with Crippen molar-refractivity contribution in [2.75, 3.05) is 5.32 Å². The van der Waals surface area contributed by atoms with Crippen molar-refractivity contribution in [2.45, 2.75) is 19.4 Å². The molecule has 0 spiro atoms. The van der Waals surface area contributed by atoms with Gasteiger partial charge in [-0.2, -0.15) is 0 Å². The van der Waals surface area contributed by atoms with Gasteiger partial charge in [-0.15, -0.1) is 0 Å². The van der Waals surface area contributed by atoms with E-state index in [4.69, 9.17) is 0 Å². The number of nitrogens with one attached hydrogen (secondary N) is 2. The van der Waals surface area contributed by atoms with Crippen molar-refractivity contribution in [1.82, 2.24) is 19.9 Å². The second-order valence-corrected chi connectivity index (χ2v) is 5.79. The van der Waals surface area contributed by atoms with Gasteiger partial charge < -0.3 is 10.6 Å². The Morgan fingerprint density at radius 1 is 1.15 bits per heavy atom. The van der Waals surface area contributed by atoms with Crippen LogP contribution < -0.4 is 10.6 Å². The van der Waals surface area contributed by atoms with E-state index in [1.165, 1.54) is 6.92 Å². The fourth-order valence-electron chi connectivity index (χ4n) is 2.59. The van der Waals surface area contributed by atoms with Crippen LogP contribution in [0.25, 0.3) is 5.82 Å². The number of aromatic nitrogens is 3. The highest BCUT2D eigenvalue weighted by molar-refractivity contribution is 5.91. The van der Waals surface area contributed by atoms with E-state index in [-0.39, 0.29) is 24.3 Å². The summed E-state index contributed by atoms with van der Waals surface area (Å²) in [6.45, 7) is 1.44. The average molecular weight is 349 g/mol. The normalized spacial score (nSPS) is 11.6. The molecule has 3 aromatic rings. The molecule has 0 aliphatic heterocycles. The van der Waals surface area contributed by atoms with Crippen LogP contribution in [0.15, 0.2) is 67.4 Å². The highest BCUT2D eigenvalue weighted by Crippen LogP contribution is 2.18. The summed E-state index contributed by atoms with van der Waals surface area (Å²) in [5, 5.41) is 5.63. The molecule has 1 aromatic carbocycles. The quantitative estimate of drug-likeness (QED) is 0.715. The van der Waals surface area contributed by atoms with Crippen LogP contribution in [0.1, 0.15) is 24.9 Å². The molecule has 2 heterocycles. The summed E-state index contributed by atoms with van der Waals surface area (Å²) in [6, 6.07) is 12.6. The van der Waals surface area contributed by atoms with Gasteiger partial charge in [-0.1, -0.05) is 30.3 Å². The first-order valence-corrected chi connectivity index (χ1v) is 8.18. The van der Waals surface area contributed by atoms with E-state index in [0.29, 0.717) is 11.5 Å². The van der Waals surface area contributed by atoms with E-state index in [9.17, 15) is 9.59 Å². The first-order chi connectivity index (χ1) is 12.6. The SMILES string of the molecule is CC(=O)N[C@H](CC(=O)Nc1ccc(-n2ccnc2)nc1)c1ccccc1. The van der Waals surface area contributed by atoms with E-state index < -0.39 is 0 Å². The minimum atomic E-state index is -0.383. The van der Waals surface area contributed by atoms with Gasteiger partial charge in [-0.25, -0.2) is 9.97 Å². The lowest BCUT2D eigenvalue weighted by molar-refractivity contribution is -0.120. The number of imidazole rings is 1. The Bertz CT molecular complexity index is 861. The molecule has 0 unspecified atom stereocenters. The molecule has 0 saturated carbocycles. The van der Waals surface area contributed by atoms with Crippen LogP contribution in [-0.2, 0) is 9.59 Å². The van der Waals surface area contributed by atoms with E-state index in [1.54, 1.807) is 41.6 Å². The standard InChI is InChI=1S/C19H19N5O2/c1-14(25)22-17(15-5-3-2-4-6-15)11-19(26)23-16-7-8-18(21-12-16)24-10-9-20-13-24/h2-10,12-13,17H,11H2,1H3,(H,22,25)(H,23,26)/t17-/m1/s1. The molecule has 0 aliphatic rings. The summed E-state index contributed by atoms with van der Waals surface area (Å²) >= 11 is 0. The molecular weight excluding hydrogens is 330 g/mol. The topological polar surface area (TPSA) is 88.9 Å². The lowest BCUT2D eigenvalue weighted by Crippen LogP contribution is -2.29. The molecule has 132 valence electrons. The van der Waals surface area contributed by atoms with Gasteiger partial charge in [-0.3, -0.25) is 14.2 Å². The van der Waals surface area contributed by atoms with Crippen molar-refractivity contribution in [2.24, 2.45) is 0 Å². The monoisotopic (exact) mass is 349 g/mol. The van der Waals surface area contributed by atoms with Gasteiger partial charge in [0.15, 0.2) is 0 Å². The number of anilines is 1. The first kappa shape index (κ1) is 17.3. The van der Waals surface area contributed by atoms with E-state index in [2.05, 4.69) is 20.6 Å². The minimum Gasteiger partial charge on any atom is -0.349 e. The van der Waals surface area contributed by atoms with Crippen molar-refractivity contribution in [1.29, 1.82) is 0 Å². The lowest BCUT2D eigenvalue weighted by Gasteiger charge is -2.18. The zero-order valence-corrected chi connectivity index (χ0v) is 14.3.